The molecule has 0 saturated heterocycles. The Kier molecular flexibility index (Phi) is 7.05. The van der Waals surface area contributed by atoms with Crippen molar-refractivity contribution in [2.45, 2.75) is 13.5 Å². The maximum atomic E-state index is 12.0. The van der Waals surface area contributed by atoms with Gasteiger partial charge in [0, 0.05) is 26.3 Å². The van der Waals surface area contributed by atoms with Crippen LogP contribution in [0.2, 0.25) is 0 Å². The number of amides is 3. The summed E-state index contributed by atoms with van der Waals surface area (Å²) in [5.41, 5.74) is 2.65. The summed E-state index contributed by atoms with van der Waals surface area (Å²) in [7, 11) is 4.86. The Balaban J connectivity index is 1.92. The summed E-state index contributed by atoms with van der Waals surface area (Å²) < 4.78 is 10.8. The van der Waals surface area contributed by atoms with E-state index in [0.717, 1.165) is 16.8 Å². The van der Waals surface area contributed by atoms with Crippen molar-refractivity contribution >= 4 is 17.6 Å². The minimum Gasteiger partial charge on any atom is -0.493 e. The summed E-state index contributed by atoms with van der Waals surface area (Å²) in [6.07, 6.45) is 0. The number of nitrogens with one attached hydrogen (secondary N) is 2. The molecule has 144 valence electrons. The minimum atomic E-state index is -0.295. The number of methoxy groups -OCH3 is 1. The maximum Gasteiger partial charge on any atom is 0.319 e. The topological polar surface area (TPSA) is 79.9 Å². The summed E-state index contributed by atoms with van der Waals surface area (Å²) in [5.74, 6) is 0.830. The summed E-state index contributed by atoms with van der Waals surface area (Å²) in [5, 5.41) is 5.58. The van der Waals surface area contributed by atoms with Gasteiger partial charge in [-0.05, 0) is 42.3 Å². The second kappa shape index (κ2) is 9.47. The highest BCUT2D eigenvalue weighted by Gasteiger charge is 2.10. The van der Waals surface area contributed by atoms with Gasteiger partial charge in [-0.15, -0.1) is 0 Å². The number of carbonyl (C=O) groups excluding carboxylic acids is 2. The largest absolute Gasteiger partial charge is 0.493 e. The van der Waals surface area contributed by atoms with Crippen molar-refractivity contribution in [2.24, 2.45) is 0 Å². The van der Waals surface area contributed by atoms with Crippen LogP contribution in [0.15, 0.2) is 42.5 Å². The standard InChI is InChI=1S/C20H25N3O4/c1-14-6-5-7-16(10-14)22-20(25)21-12-15-8-9-17(18(11-15)26-4)27-13-19(24)23(2)3/h5-11H,12-13H2,1-4H3,(H2,21,22,25). The Morgan fingerprint density at radius 3 is 2.52 bits per heavy atom. The molecular formula is C20H25N3O4. The molecule has 2 rings (SSSR count). The molecule has 0 aliphatic heterocycles. The fourth-order valence-electron chi connectivity index (χ4n) is 2.29. The SMILES string of the molecule is COc1cc(CNC(=O)Nc2cccc(C)c2)ccc1OCC(=O)N(C)C. The first-order chi connectivity index (χ1) is 12.9. The van der Waals surface area contributed by atoms with E-state index in [-0.39, 0.29) is 18.5 Å². The zero-order valence-corrected chi connectivity index (χ0v) is 16.0. The van der Waals surface area contributed by atoms with Gasteiger partial charge in [0.05, 0.1) is 7.11 Å². The summed E-state index contributed by atoms with van der Waals surface area (Å²) >= 11 is 0. The monoisotopic (exact) mass is 371 g/mol. The van der Waals surface area contributed by atoms with E-state index in [0.29, 0.717) is 18.0 Å². The molecule has 7 nitrogen and oxygen atoms in total. The lowest BCUT2D eigenvalue weighted by Gasteiger charge is -2.14. The lowest BCUT2D eigenvalue weighted by atomic mass is 10.2. The van der Waals surface area contributed by atoms with E-state index < -0.39 is 0 Å². The van der Waals surface area contributed by atoms with Crippen molar-refractivity contribution in [3.63, 3.8) is 0 Å². The van der Waals surface area contributed by atoms with Gasteiger partial charge in [-0.2, -0.15) is 0 Å². The summed E-state index contributed by atoms with van der Waals surface area (Å²) in [6, 6.07) is 12.6. The van der Waals surface area contributed by atoms with Crippen molar-refractivity contribution in [2.75, 3.05) is 33.1 Å². The average molecular weight is 371 g/mol. The van der Waals surface area contributed by atoms with E-state index in [1.807, 2.05) is 37.3 Å². The molecule has 0 aliphatic rings. The number of anilines is 1. The highest BCUT2D eigenvalue weighted by Crippen LogP contribution is 2.28. The third-order valence-electron chi connectivity index (χ3n) is 3.81. The Morgan fingerprint density at radius 2 is 1.85 bits per heavy atom. The Labute approximate surface area is 159 Å². The molecule has 2 aromatic carbocycles. The summed E-state index contributed by atoms with van der Waals surface area (Å²) in [4.78, 5) is 25.1. The third-order valence-corrected chi connectivity index (χ3v) is 3.81. The number of hydrogen-bond donors (Lipinski definition) is 2. The van der Waals surface area contributed by atoms with E-state index in [1.165, 1.54) is 12.0 Å². The van der Waals surface area contributed by atoms with Gasteiger partial charge < -0.3 is 25.0 Å². The number of likely N-dealkylation sites (N-methyl/N-ethyl adjacent to an activating group) is 1. The van der Waals surface area contributed by atoms with Gasteiger partial charge in [0.25, 0.3) is 5.91 Å². The van der Waals surface area contributed by atoms with Crippen LogP contribution < -0.4 is 20.1 Å². The van der Waals surface area contributed by atoms with E-state index in [4.69, 9.17) is 9.47 Å². The molecule has 0 radical (unpaired) electrons. The smallest absolute Gasteiger partial charge is 0.319 e. The molecule has 0 aliphatic carbocycles. The molecule has 0 spiro atoms. The van der Waals surface area contributed by atoms with E-state index in [2.05, 4.69) is 10.6 Å². The second-order valence-electron chi connectivity index (χ2n) is 6.24. The molecule has 2 aromatic rings. The molecule has 0 bridgehead atoms. The Hall–Kier alpha value is -3.22. The van der Waals surface area contributed by atoms with Gasteiger partial charge in [-0.25, -0.2) is 4.79 Å². The second-order valence-corrected chi connectivity index (χ2v) is 6.24. The molecule has 27 heavy (non-hydrogen) atoms. The van der Waals surface area contributed by atoms with Crippen molar-refractivity contribution in [1.29, 1.82) is 0 Å². The highest BCUT2D eigenvalue weighted by molar-refractivity contribution is 5.89. The quantitative estimate of drug-likeness (QED) is 0.784. The summed E-state index contributed by atoms with van der Waals surface area (Å²) in [6.45, 7) is 2.22. The van der Waals surface area contributed by atoms with Gasteiger partial charge >= 0.3 is 6.03 Å². The van der Waals surface area contributed by atoms with Crippen LogP contribution in [-0.2, 0) is 11.3 Å². The number of rotatable bonds is 7. The Morgan fingerprint density at radius 1 is 1.07 bits per heavy atom. The van der Waals surface area contributed by atoms with Crippen LogP contribution in [0, 0.1) is 6.92 Å². The molecule has 0 heterocycles. The molecule has 0 saturated carbocycles. The zero-order valence-electron chi connectivity index (χ0n) is 16.0. The molecule has 0 aromatic heterocycles. The van der Waals surface area contributed by atoms with Crippen molar-refractivity contribution < 1.29 is 19.1 Å². The fraction of sp³-hybridized carbons (Fsp3) is 0.300. The lowest BCUT2D eigenvalue weighted by molar-refractivity contribution is -0.130. The van der Waals surface area contributed by atoms with Crippen LogP contribution >= 0.6 is 0 Å². The van der Waals surface area contributed by atoms with Crippen molar-refractivity contribution in [3.8, 4) is 11.5 Å². The number of urea groups is 1. The molecule has 0 atom stereocenters. The van der Waals surface area contributed by atoms with Crippen LogP contribution in [-0.4, -0.2) is 44.7 Å². The van der Waals surface area contributed by atoms with Gasteiger partial charge in [-0.1, -0.05) is 18.2 Å². The number of carbonyl (C=O) groups is 2. The third kappa shape index (κ3) is 6.22. The molecule has 3 amide bonds. The van der Waals surface area contributed by atoms with E-state index in [9.17, 15) is 9.59 Å². The molecular weight excluding hydrogens is 346 g/mol. The van der Waals surface area contributed by atoms with Gasteiger partial charge in [-0.3, -0.25) is 4.79 Å². The predicted octanol–water partition coefficient (Wildman–Crippen LogP) is 2.79. The van der Waals surface area contributed by atoms with Gasteiger partial charge in [0.1, 0.15) is 0 Å². The molecule has 0 fully saturated rings. The van der Waals surface area contributed by atoms with Crippen molar-refractivity contribution in [1.82, 2.24) is 10.2 Å². The van der Waals surface area contributed by atoms with Gasteiger partial charge in [0.15, 0.2) is 18.1 Å². The van der Waals surface area contributed by atoms with Crippen LogP contribution in [0.4, 0.5) is 10.5 Å². The van der Waals surface area contributed by atoms with Crippen LogP contribution in [0.25, 0.3) is 0 Å². The first kappa shape index (κ1) is 20.1. The molecule has 2 N–H and O–H groups in total. The number of ether oxygens (including phenoxy) is 2. The number of benzene rings is 2. The predicted molar refractivity (Wildman–Crippen MR) is 104 cm³/mol. The fourth-order valence-corrected chi connectivity index (χ4v) is 2.29. The van der Waals surface area contributed by atoms with Gasteiger partial charge in [0.2, 0.25) is 0 Å². The van der Waals surface area contributed by atoms with Crippen LogP contribution in [0.5, 0.6) is 11.5 Å². The average Bonchev–Trinajstić information content (AvgIpc) is 2.64. The first-order valence-electron chi connectivity index (χ1n) is 8.50. The number of hydrogen-bond acceptors (Lipinski definition) is 4. The highest BCUT2D eigenvalue weighted by atomic mass is 16.5. The maximum absolute atomic E-state index is 12.0. The van der Waals surface area contributed by atoms with Crippen molar-refractivity contribution in [3.05, 3.63) is 53.6 Å². The Bertz CT molecular complexity index is 806. The van der Waals surface area contributed by atoms with Crippen LogP contribution in [0.1, 0.15) is 11.1 Å². The first-order valence-corrected chi connectivity index (χ1v) is 8.50. The number of nitrogens with zero attached hydrogens (tertiary/aromatic N) is 1. The molecule has 7 heteroatoms. The van der Waals surface area contributed by atoms with Crippen LogP contribution in [0.3, 0.4) is 0 Å². The van der Waals surface area contributed by atoms with E-state index >= 15 is 0 Å². The molecule has 0 unspecified atom stereocenters. The number of aryl methyl sites for hydroxylation is 1. The van der Waals surface area contributed by atoms with E-state index in [1.54, 1.807) is 26.2 Å². The normalized spacial score (nSPS) is 10.1. The minimum absolute atomic E-state index is 0.0696. The zero-order chi connectivity index (χ0) is 19.8. The lowest BCUT2D eigenvalue weighted by Crippen LogP contribution is -2.28.